The minimum atomic E-state index is 0.924. The number of thioether (sulfide) groups is 1. The molecule has 1 aromatic heterocycles. The topological polar surface area (TPSA) is 26.0 Å². The van der Waals surface area contributed by atoms with Gasteiger partial charge in [0, 0.05) is 5.56 Å². The average Bonchev–Trinajstić information content (AvgIpc) is 2.15. The molecule has 0 aliphatic heterocycles. The Labute approximate surface area is 58.6 Å². The highest BCUT2D eigenvalue weighted by Crippen LogP contribution is 2.20. The van der Waals surface area contributed by atoms with Gasteiger partial charge in [0.1, 0.15) is 0 Å². The van der Waals surface area contributed by atoms with Crippen LogP contribution < -0.4 is 0 Å². The van der Waals surface area contributed by atoms with Crippen molar-refractivity contribution in [3.8, 4) is 0 Å². The lowest BCUT2D eigenvalue weighted by molar-refractivity contribution is 0.345. The van der Waals surface area contributed by atoms with E-state index in [4.69, 9.17) is 4.52 Å². The molecule has 0 unspecified atom stereocenters. The minimum absolute atomic E-state index is 0.924. The Bertz CT molecular complexity index is 207. The predicted molar refractivity (Wildman–Crippen MR) is 37.8 cm³/mol. The zero-order valence-corrected chi connectivity index (χ0v) is 6.58. The van der Waals surface area contributed by atoms with E-state index in [1.165, 1.54) is 0 Å². The summed E-state index contributed by atoms with van der Waals surface area (Å²) in [4.78, 5) is 0. The molecule has 1 rings (SSSR count). The summed E-state index contributed by atoms with van der Waals surface area (Å²) in [7, 11) is 0. The van der Waals surface area contributed by atoms with Crippen LogP contribution >= 0.6 is 11.8 Å². The van der Waals surface area contributed by atoms with Crippen molar-refractivity contribution >= 4 is 11.8 Å². The van der Waals surface area contributed by atoms with E-state index in [0.29, 0.717) is 0 Å². The van der Waals surface area contributed by atoms with Crippen LogP contribution in [0.15, 0.2) is 9.62 Å². The van der Waals surface area contributed by atoms with Gasteiger partial charge in [0.05, 0.1) is 5.69 Å². The predicted octanol–water partition coefficient (Wildman–Crippen LogP) is 2.01. The first-order valence-corrected chi connectivity index (χ1v) is 3.95. The van der Waals surface area contributed by atoms with Gasteiger partial charge in [-0.05, 0) is 20.1 Å². The Kier molecular flexibility index (Phi) is 1.81. The molecule has 0 amide bonds. The minimum Gasteiger partial charge on any atom is -0.349 e. The van der Waals surface area contributed by atoms with E-state index >= 15 is 0 Å². The number of hydrogen-bond donors (Lipinski definition) is 0. The third-order valence-corrected chi connectivity index (χ3v) is 2.05. The molecule has 50 valence electrons. The zero-order valence-electron chi connectivity index (χ0n) is 5.76. The van der Waals surface area contributed by atoms with Gasteiger partial charge in [-0.3, -0.25) is 0 Å². The van der Waals surface area contributed by atoms with Crippen LogP contribution in [0.3, 0.4) is 0 Å². The third-order valence-electron chi connectivity index (χ3n) is 1.30. The van der Waals surface area contributed by atoms with Gasteiger partial charge in [0.25, 0.3) is 0 Å². The van der Waals surface area contributed by atoms with Gasteiger partial charge in [-0.25, -0.2) is 0 Å². The van der Waals surface area contributed by atoms with E-state index in [1.807, 2.05) is 20.1 Å². The molecule has 0 saturated carbocycles. The molecule has 1 aromatic rings. The largest absolute Gasteiger partial charge is 0.349 e. The van der Waals surface area contributed by atoms with Crippen molar-refractivity contribution < 1.29 is 4.52 Å². The molecule has 3 heteroatoms. The molecule has 0 N–H and O–H groups in total. The van der Waals surface area contributed by atoms with Crippen LogP contribution in [0.4, 0.5) is 0 Å². The summed E-state index contributed by atoms with van der Waals surface area (Å²) in [5.74, 6) is 0. The fourth-order valence-electron chi connectivity index (χ4n) is 0.585. The van der Waals surface area contributed by atoms with Crippen LogP contribution in [-0.2, 0) is 0 Å². The standard InChI is InChI=1S/C6H9NOS/c1-4-5(2)7-8-6(4)9-3/h1-3H3. The quantitative estimate of drug-likeness (QED) is 0.562. The summed E-state index contributed by atoms with van der Waals surface area (Å²) in [6, 6.07) is 0. The smallest absolute Gasteiger partial charge is 0.195 e. The van der Waals surface area contributed by atoms with E-state index < -0.39 is 0 Å². The summed E-state index contributed by atoms with van der Waals surface area (Å²) in [6.45, 7) is 3.95. The second-order valence-corrected chi connectivity index (χ2v) is 2.66. The second kappa shape index (κ2) is 2.43. The lowest BCUT2D eigenvalue weighted by atomic mass is 10.3. The van der Waals surface area contributed by atoms with Crippen molar-refractivity contribution in [1.82, 2.24) is 5.16 Å². The Hall–Kier alpha value is -0.440. The van der Waals surface area contributed by atoms with E-state index in [9.17, 15) is 0 Å². The molecule has 1 heterocycles. The zero-order chi connectivity index (χ0) is 6.85. The molecule has 0 saturated heterocycles. The van der Waals surface area contributed by atoms with Crippen molar-refractivity contribution in [3.63, 3.8) is 0 Å². The second-order valence-electron chi connectivity index (χ2n) is 1.88. The van der Waals surface area contributed by atoms with Crippen LogP contribution in [0.2, 0.25) is 0 Å². The number of nitrogens with zero attached hydrogens (tertiary/aromatic N) is 1. The maximum absolute atomic E-state index is 4.96. The van der Waals surface area contributed by atoms with Crippen molar-refractivity contribution in [2.24, 2.45) is 0 Å². The van der Waals surface area contributed by atoms with Crippen molar-refractivity contribution in [1.29, 1.82) is 0 Å². The SMILES string of the molecule is CSc1onc(C)c1C. The Morgan fingerprint density at radius 2 is 2.11 bits per heavy atom. The van der Waals surface area contributed by atoms with E-state index in [-0.39, 0.29) is 0 Å². The molecule has 0 aromatic carbocycles. The normalized spacial score (nSPS) is 10.1. The van der Waals surface area contributed by atoms with Crippen molar-refractivity contribution in [2.75, 3.05) is 6.26 Å². The molecule has 0 aliphatic rings. The first kappa shape index (κ1) is 6.68. The Balaban J connectivity index is 3.04. The number of aryl methyl sites for hydroxylation is 1. The monoisotopic (exact) mass is 143 g/mol. The molecular weight excluding hydrogens is 134 g/mol. The van der Waals surface area contributed by atoms with Gasteiger partial charge >= 0.3 is 0 Å². The summed E-state index contributed by atoms with van der Waals surface area (Å²) >= 11 is 1.59. The Morgan fingerprint density at radius 1 is 1.44 bits per heavy atom. The van der Waals surface area contributed by atoms with Gasteiger partial charge in [-0.2, -0.15) is 0 Å². The summed E-state index contributed by atoms with van der Waals surface area (Å²) < 4.78 is 4.96. The van der Waals surface area contributed by atoms with Crippen LogP contribution in [0.1, 0.15) is 11.3 Å². The van der Waals surface area contributed by atoms with Crippen LogP contribution in [0, 0.1) is 13.8 Å². The first-order valence-electron chi connectivity index (χ1n) is 2.72. The van der Waals surface area contributed by atoms with Crippen LogP contribution in [0.25, 0.3) is 0 Å². The number of aromatic nitrogens is 1. The molecule has 9 heavy (non-hydrogen) atoms. The van der Waals surface area contributed by atoms with E-state index in [1.54, 1.807) is 11.8 Å². The summed E-state index contributed by atoms with van der Waals surface area (Å²) in [6.07, 6.45) is 1.98. The first-order chi connectivity index (χ1) is 4.25. The van der Waals surface area contributed by atoms with Crippen molar-refractivity contribution in [3.05, 3.63) is 11.3 Å². The maximum atomic E-state index is 4.96. The van der Waals surface area contributed by atoms with Gasteiger partial charge in [-0.1, -0.05) is 16.9 Å². The molecule has 0 bridgehead atoms. The summed E-state index contributed by atoms with van der Waals surface area (Å²) in [5.41, 5.74) is 2.14. The summed E-state index contributed by atoms with van der Waals surface area (Å²) in [5, 5.41) is 4.71. The highest BCUT2D eigenvalue weighted by atomic mass is 32.2. The molecule has 2 nitrogen and oxygen atoms in total. The van der Waals surface area contributed by atoms with Gasteiger partial charge < -0.3 is 4.52 Å². The van der Waals surface area contributed by atoms with Crippen LogP contribution in [-0.4, -0.2) is 11.4 Å². The lowest BCUT2D eigenvalue weighted by Gasteiger charge is -1.85. The molecular formula is C6H9NOS. The molecule has 0 aliphatic carbocycles. The van der Waals surface area contributed by atoms with Gasteiger partial charge in [0.15, 0.2) is 5.09 Å². The molecule has 0 radical (unpaired) electrons. The Morgan fingerprint density at radius 3 is 2.33 bits per heavy atom. The van der Waals surface area contributed by atoms with E-state index in [0.717, 1.165) is 16.3 Å². The van der Waals surface area contributed by atoms with Crippen molar-refractivity contribution in [2.45, 2.75) is 18.9 Å². The lowest BCUT2D eigenvalue weighted by Crippen LogP contribution is -1.72. The average molecular weight is 143 g/mol. The number of rotatable bonds is 1. The molecule has 0 spiro atoms. The maximum Gasteiger partial charge on any atom is 0.195 e. The highest BCUT2D eigenvalue weighted by Gasteiger charge is 2.04. The van der Waals surface area contributed by atoms with Gasteiger partial charge in [-0.15, -0.1) is 0 Å². The highest BCUT2D eigenvalue weighted by molar-refractivity contribution is 7.98. The fraction of sp³-hybridized carbons (Fsp3) is 0.500. The third kappa shape index (κ3) is 1.10. The fourth-order valence-corrected chi connectivity index (χ4v) is 1.15. The molecule has 0 fully saturated rings. The van der Waals surface area contributed by atoms with E-state index in [2.05, 4.69) is 5.16 Å². The number of hydrogen-bond acceptors (Lipinski definition) is 3. The van der Waals surface area contributed by atoms with Crippen LogP contribution in [0.5, 0.6) is 0 Å². The molecule has 0 atom stereocenters. The van der Waals surface area contributed by atoms with Gasteiger partial charge in [0.2, 0.25) is 0 Å².